The van der Waals surface area contributed by atoms with Crippen LogP contribution in [0.1, 0.15) is 63.8 Å². The first kappa shape index (κ1) is 51.5. The van der Waals surface area contributed by atoms with Gasteiger partial charge in [0.05, 0.1) is 24.2 Å². The topological polar surface area (TPSA) is 69.2 Å². The molecule has 0 N–H and O–H groups in total. The van der Waals surface area contributed by atoms with Crippen LogP contribution in [0.5, 0.6) is 0 Å². The first-order valence-corrected chi connectivity index (χ1v) is 31.6. The molecule has 53 heavy (non-hydrogen) atoms. The van der Waals surface area contributed by atoms with E-state index in [0.29, 0.717) is 0 Å². The Morgan fingerprint density at radius 2 is 0.604 bits per heavy atom. The average Bonchev–Trinajstić information content (AvgIpc) is 3.18. The summed E-state index contributed by atoms with van der Waals surface area (Å²) in [7, 11) is -7.24. The van der Waals surface area contributed by atoms with Crippen molar-refractivity contribution >= 4 is 68.6 Å². The van der Waals surface area contributed by atoms with E-state index in [4.69, 9.17) is 0 Å². The van der Waals surface area contributed by atoms with E-state index in [1.54, 1.807) is 77.8 Å². The molecule has 3 nitrogen and oxygen atoms in total. The Morgan fingerprint density at radius 1 is 0.415 bits per heavy atom. The molecular weight excluding hydrogens is 749 g/mol. The molecule has 0 saturated carbocycles. The maximum atomic E-state index is 9.53. The minimum atomic E-state index is -2.66. The van der Waals surface area contributed by atoms with Gasteiger partial charge in [-0.25, -0.2) is 0 Å². The molecule has 0 atom stereocenters. The number of rotatable bonds is 7. The SMILES string of the molecule is CC(C)[O-].CC(C)[O-].CC(C)[O-].Cc1c(C)c(C)[c-]([Si](c2cccc([Si](C)(C)C)c2)(c2cccc([Si](C)(C)C)c2)c2cccc([Si](C)(C)C)c2)c1C.[Ti+4]. The third-order valence-corrected chi connectivity index (χ3v) is 20.5. The minimum Gasteiger partial charge on any atom is -0.852 e. The smallest absolute Gasteiger partial charge is 0.852 e. The van der Waals surface area contributed by atoms with Crippen molar-refractivity contribution in [2.24, 2.45) is 0 Å². The monoisotopic (exact) mass is 820 g/mol. The summed E-state index contributed by atoms with van der Waals surface area (Å²) in [4.78, 5) is 0. The van der Waals surface area contributed by atoms with Crippen LogP contribution in [0.25, 0.3) is 0 Å². The van der Waals surface area contributed by atoms with Gasteiger partial charge in [0.2, 0.25) is 0 Å². The Labute approximate surface area is 345 Å². The van der Waals surface area contributed by atoms with Crippen LogP contribution >= 0.6 is 0 Å². The van der Waals surface area contributed by atoms with Gasteiger partial charge in [0, 0.05) is 0 Å². The summed E-state index contributed by atoms with van der Waals surface area (Å²) in [6, 6.07) is 29.6. The largest absolute Gasteiger partial charge is 4.00 e. The fourth-order valence-corrected chi connectivity index (χ4v) is 15.9. The summed E-state index contributed by atoms with van der Waals surface area (Å²) in [5, 5.41) is 39.5. The van der Waals surface area contributed by atoms with E-state index in [0.717, 1.165) is 0 Å². The van der Waals surface area contributed by atoms with Crippen molar-refractivity contribution in [3.8, 4) is 0 Å². The molecule has 0 saturated heterocycles. The summed E-state index contributed by atoms with van der Waals surface area (Å²) in [6.07, 6.45) is -1.25. The quantitative estimate of drug-likeness (QED) is 0.151. The maximum Gasteiger partial charge on any atom is 4.00 e. The first-order chi connectivity index (χ1) is 23.6. The van der Waals surface area contributed by atoms with Crippen LogP contribution in [0, 0.1) is 27.7 Å². The molecule has 0 heterocycles. The van der Waals surface area contributed by atoms with Crippen molar-refractivity contribution in [1.82, 2.24) is 0 Å². The van der Waals surface area contributed by atoms with Crippen LogP contribution in [-0.2, 0) is 21.7 Å². The van der Waals surface area contributed by atoms with Gasteiger partial charge >= 0.3 is 21.7 Å². The molecule has 0 aliphatic heterocycles. The number of hydrogen-bond acceptors (Lipinski definition) is 3. The molecule has 0 bridgehead atoms. The zero-order valence-electron chi connectivity index (χ0n) is 36.9. The molecule has 0 radical (unpaired) electrons. The van der Waals surface area contributed by atoms with Crippen molar-refractivity contribution in [3.63, 3.8) is 0 Å². The van der Waals surface area contributed by atoms with Crippen molar-refractivity contribution < 1.29 is 37.0 Å². The van der Waals surface area contributed by atoms with Crippen molar-refractivity contribution in [1.29, 1.82) is 0 Å². The van der Waals surface area contributed by atoms with Crippen molar-refractivity contribution in [2.75, 3.05) is 0 Å². The van der Waals surface area contributed by atoms with Crippen LogP contribution in [-0.4, -0.2) is 50.6 Å². The molecule has 0 fully saturated rings. The summed E-state index contributed by atoms with van der Waals surface area (Å²) in [5.41, 5.74) is 5.93. The summed E-state index contributed by atoms with van der Waals surface area (Å²) < 4.78 is 0. The Kier molecular flexibility index (Phi) is 20.5. The van der Waals surface area contributed by atoms with Crippen molar-refractivity contribution in [3.05, 3.63) is 95.1 Å². The van der Waals surface area contributed by atoms with E-state index in [9.17, 15) is 15.3 Å². The standard InChI is InChI=1S/C36H51Si4.3C3H7O.Ti/c1-26-27(2)29(4)36(28(26)3)40(33-20-14-17-30(23-33)37(5,6)7,34-21-15-18-31(24-34)38(8,9)10)35-22-16-19-32(25-35)39(11,12)13;3*1-3(2)4;/h14-25H,1-13H3;3*3H,1-2H3;/q4*-1;+4. The fraction of sp³-hybridized carbons (Fsp3) is 0.489. The second kappa shape index (κ2) is 21.1. The molecule has 4 aromatic carbocycles. The zero-order chi connectivity index (χ0) is 40.6. The summed E-state index contributed by atoms with van der Waals surface area (Å²) in [6.45, 7) is 41.5. The van der Waals surface area contributed by atoms with Crippen LogP contribution in [0.3, 0.4) is 0 Å². The Hall–Kier alpha value is -1.53. The molecule has 0 amide bonds. The Bertz CT molecular complexity index is 1520. The summed E-state index contributed by atoms with van der Waals surface area (Å²) in [5.74, 6) is 0. The average molecular weight is 821 g/mol. The van der Waals surface area contributed by atoms with Crippen LogP contribution in [0.2, 0.25) is 58.9 Å². The molecule has 0 aliphatic rings. The Morgan fingerprint density at radius 3 is 0.792 bits per heavy atom. The van der Waals surface area contributed by atoms with E-state index in [1.165, 1.54) is 22.3 Å². The third-order valence-electron chi connectivity index (χ3n) is 9.30. The molecule has 0 aromatic heterocycles. The van der Waals surface area contributed by atoms with E-state index < -0.39 is 50.6 Å². The Balaban J connectivity index is 0.00000182. The van der Waals surface area contributed by atoms with E-state index in [-0.39, 0.29) is 21.7 Å². The molecule has 8 heteroatoms. The molecule has 0 aliphatic carbocycles. The second-order valence-corrected chi connectivity index (χ2v) is 37.2. The van der Waals surface area contributed by atoms with Gasteiger partial charge in [0.25, 0.3) is 0 Å². The zero-order valence-corrected chi connectivity index (χ0v) is 42.4. The third kappa shape index (κ3) is 14.5. The normalized spacial score (nSPS) is 11.9. The molecule has 0 spiro atoms. The van der Waals surface area contributed by atoms with Crippen LogP contribution < -0.4 is 51.6 Å². The van der Waals surface area contributed by atoms with Crippen LogP contribution in [0.15, 0.2) is 72.8 Å². The van der Waals surface area contributed by atoms with E-state index >= 15 is 0 Å². The molecule has 4 aromatic rings. The van der Waals surface area contributed by atoms with E-state index in [2.05, 4.69) is 159 Å². The van der Waals surface area contributed by atoms with Gasteiger partial charge in [-0.2, -0.15) is 22.3 Å². The van der Waals surface area contributed by atoms with E-state index in [1.807, 2.05) is 0 Å². The second-order valence-electron chi connectivity index (χ2n) is 18.3. The van der Waals surface area contributed by atoms with Crippen LogP contribution in [0.4, 0.5) is 0 Å². The minimum absolute atomic E-state index is 0. The first-order valence-electron chi connectivity index (χ1n) is 19.1. The summed E-state index contributed by atoms with van der Waals surface area (Å²) >= 11 is 0. The number of hydrogen-bond donors (Lipinski definition) is 0. The molecule has 4 rings (SSSR count). The van der Waals surface area contributed by atoms with Gasteiger partial charge in [-0.15, -0.1) is 23.5 Å². The van der Waals surface area contributed by atoms with Gasteiger partial charge in [-0.1, -0.05) is 232 Å². The molecule has 290 valence electrons. The fourth-order valence-electron chi connectivity index (χ4n) is 6.37. The number of benzene rings is 3. The maximum absolute atomic E-state index is 9.53. The predicted octanol–water partition coefficient (Wildman–Crippen LogP) is 4.91. The van der Waals surface area contributed by atoms with Gasteiger partial charge in [0.15, 0.2) is 0 Å². The molecular formula is C45H72O3Si4Ti. The van der Waals surface area contributed by atoms with Gasteiger partial charge in [0.1, 0.15) is 8.07 Å². The van der Waals surface area contributed by atoms with Gasteiger partial charge in [-0.3, -0.25) is 0 Å². The van der Waals surface area contributed by atoms with Crippen molar-refractivity contribution in [2.45, 2.75) is 146 Å². The molecule has 0 unspecified atom stereocenters. The van der Waals surface area contributed by atoms with Gasteiger partial charge in [-0.05, 0) is 0 Å². The van der Waals surface area contributed by atoms with Gasteiger partial charge < -0.3 is 15.3 Å². The predicted molar refractivity (Wildman–Crippen MR) is 239 cm³/mol.